The highest BCUT2D eigenvalue weighted by molar-refractivity contribution is 5.92. The molecule has 1 aromatic heterocycles. The number of aromatic nitrogens is 2. The molecule has 0 unspecified atom stereocenters. The molecule has 200 valence electrons. The number of nitrogens with one attached hydrogen (secondary N) is 2. The summed E-state index contributed by atoms with van der Waals surface area (Å²) in [4.78, 5) is 16.6. The van der Waals surface area contributed by atoms with E-state index in [-0.39, 0.29) is 18.2 Å². The van der Waals surface area contributed by atoms with Crippen LogP contribution in [-0.2, 0) is 11.0 Å². The van der Waals surface area contributed by atoms with Crippen molar-refractivity contribution in [3.05, 3.63) is 96.6 Å². The number of nitrogens with zero attached hydrogens (tertiary/aromatic N) is 2. The van der Waals surface area contributed by atoms with Gasteiger partial charge in [-0.25, -0.2) is 0 Å². The van der Waals surface area contributed by atoms with Gasteiger partial charge in [0.15, 0.2) is 18.1 Å². The first-order valence-electron chi connectivity index (χ1n) is 12.0. The van der Waals surface area contributed by atoms with E-state index in [1.165, 1.54) is 12.1 Å². The first-order chi connectivity index (χ1) is 19.3. The van der Waals surface area contributed by atoms with E-state index in [2.05, 4.69) is 20.8 Å². The Morgan fingerprint density at radius 3 is 2.48 bits per heavy atom. The van der Waals surface area contributed by atoms with Crippen LogP contribution in [0.1, 0.15) is 5.56 Å². The van der Waals surface area contributed by atoms with Gasteiger partial charge in [-0.2, -0.15) is 18.2 Å². The molecule has 0 atom stereocenters. The van der Waals surface area contributed by atoms with E-state index in [4.69, 9.17) is 14.0 Å². The van der Waals surface area contributed by atoms with E-state index >= 15 is 0 Å². The number of carbonyl (C=O) groups is 1. The molecule has 2 heterocycles. The SMILES string of the molecule is O=C(COc1ccc(-c2nc(-c3ccc4c(c3)Oc3ccccc3N4)no2)cc1)Nc1cccc(C(F)(F)F)c1. The summed E-state index contributed by atoms with van der Waals surface area (Å²) < 4.78 is 55.5. The minimum Gasteiger partial charge on any atom is -0.484 e. The van der Waals surface area contributed by atoms with Crippen LogP contribution in [0.4, 0.5) is 30.2 Å². The van der Waals surface area contributed by atoms with Gasteiger partial charge >= 0.3 is 6.18 Å². The van der Waals surface area contributed by atoms with E-state index in [1.54, 1.807) is 24.3 Å². The standard InChI is InChI=1S/C29H19F3N4O4/c30-29(31,32)19-4-3-5-20(15-19)33-26(37)16-38-21-11-8-17(9-12-21)28-35-27(36-40-28)18-10-13-23-25(14-18)39-24-7-2-1-6-22(24)34-23/h1-15,34H,16H2,(H,33,37). The van der Waals surface area contributed by atoms with Crippen molar-refractivity contribution in [1.82, 2.24) is 10.1 Å². The van der Waals surface area contributed by atoms with Gasteiger partial charge in [-0.05, 0) is 72.8 Å². The van der Waals surface area contributed by atoms with Crippen molar-refractivity contribution >= 4 is 23.0 Å². The Balaban J connectivity index is 1.08. The summed E-state index contributed by atoms with van der Waals surface area (Å²) in [7, 11) is 0. The highest BCUT2D eigenvalue weighted by atomic mass is 19.4. The van der Waals surface area contributed by atoms with Gasteiger partial charge in [0.2, 0.25) is 5.82 Å². The van der Waals surface area contributed by atoms with Gasteiger partial charge < -0.3 is 24.6 Å². The van der Waals surface area contributed by atoms with Crippen molar-refractivity contribution in [2.75, 3.05) is 17.2 Å². The molecule has 8 nitrogen and oxygen atoms in total. The van der Waals surface area contributed by atoms with Crippen LogP contribution in [0.2, 0.25) is 0 Å². The van der Waals surface area contributed by atoms with Crippen molar-refractivity contribution in [2.45, 2.75) is 6.18 Å². The third kappa shape index (κ3) is 5.30. The molecular formula is C29H19F3N4O4. The van der Waals surface area contributed by atoms with Gasteiger partial charge in [0.05, 0.1) is 16.9 Å². The Hall–Kier alpha value is -5.32. The van der Waals surface area contributed by atoms with Crippen LogP contribution in [0.5, 0.6) is 17.2 Å². The number of para-hydroxylation sites is 2. The second-order valence-electron chi connectivity index (χ2n) is 8.80. The molecule has 5 aromatic rings. The Kier molecular flexibility index (Phi) is 6.31. The number of amides is 1. The number of ether oxygens (including phenoxy) is 2. The van der Waals surface area contributed by atoms with E-state index in [0.717, 1.165) is 29.3 Å². The number of anilines is 3. The van der Waals surface area contributed by atoms with E-state index < -0.39 is 17.6 Å². The summed E-state index contributed by atoms with van der Waals surface area (Å²) in [5.41, 5.74) is 2.22. The molecule has 0 bridgehead atoms. The summed E-state index contributed by atoms with van der Waals surface area (Å²) >= 11 is 0. The molecule has 6 rings (SSSR count). The Bertz CT molecular complexity index is 1700. The predicted molar refractivity (Wildman–Crippen MR) is 141 cm³/mol. The first kappa shape index (κ1) is 25.0. The average Bonchev–Trinajstić information content (AvgIpc) is 3.45. The van der Waals surface area contributed by atoms with Gasteiger partial charge in [-0.3, -0.25) is 4.79 Å². The molecule has 1 aliphatic rings. The van der Waals surface area contributed by atoms with Crippen LogP contribution >= 0.6 is 0 Å². The van der Waals surface area contributed by atoms with Crippen LogP contribution in [-0.4, -0.2) is 22.7 Å². The fourth-order valence-electron chi connectivity index (χ4n) is 4.04. The summed E-state index contributed by atoms with van der Waals surface area (Å²) in [6.07, 6.45) is -4.50. The molecule has 0 spiro atoms. The third-order valence-corrected chi connectivity index (χ3v) is 5.99. The number of hydrogen-bond donors (Lipinski definition) is 2. The van der Waals surface area contributed by atoms with Gasteiger partial charge in [-0.1, -0.05) is 23.4 Å². The first-order valence-corrected chi connectivity index (χ1v) is 12.0. The summed E-state index contributed by atoms with van der Waals surface area (Å²) in [5.74, 6) is 1.80. The van der Waals surface area contributed by atoms with E-state index in [9.17, 15) is 18.0 Å². The Morgan fingerprint density at radius 1 is 0.875 bits per heavy atom. The fraction of sp³-hybridized carbons (Fsp3) is 0.0690. The predicted octanol–water partition coefficient (Wildman–Crippen LogP) is 7.29. The normalized spacial score (nSPS) is 12.0. The van der Waals surface area contributed by atoms with Crippen LogP contribution in [0, 0.1) is 0 Å². The lowest BCUT2D eigenvalue weighted by atomic mass is 10.1. The van der Waals surface area contributed by atoms with Crippen LogP contribution in [0.25, 0.3) is 22.8 Å². The summed E-state index contributed by atoms with van der Waals surface area (Å²) in [6.45, 7) is -0.389. The van der Waals surface area contributed by atoms with Crippen molar-refractivity contribution in [1.29, 1.82) is 0 Å². The maximum Gasteiger partial charge on any atom is 0.416 e. The van der Waals surface area contributed by atoms with Gasteiger partial charge in [0.25, 0.3) is 11.8 Å². The van der Waals surface area contributed by atoms with Crippen molar-refractivity contribution < 1.29 is 32.0 Å². The summed E-state index contributed by atoms with van der Waals surface area (Å²) in [5, 5.41) is 9.80. The highest BCUT2D eigenvalue weighted by Crippen LogP contribution is 2.43. The number of rotatable bonds is 6. The number of halogens is 3. The van der Waals surface area contributed by atoms with Crippen molar-refractivity contribution in [3.63, 3.8) is 0 Å². The van der Waals surface area contributed by atoms with Crippen LogP contribution in [0.3, 0.4) is 0 Å². The smallest absolute Gasteiger partial charge is 0.416 e. The van der Waals surface area contributed by atoms with Crippen LogP contribution in [0.15, 0.2) is 95.5 Å². The number of carbonyl (C=O) groups excluding carboxylic acids is 1. The lowest BCUT2D eigenvalue weighted by Gasteiger charge is -2.21. The zero-order valence-electron chi connectivity index (χ0n) is 20.5. The maximum absolute atomic E-state index is 12.9. The molecule has 0 saturated carbocycles. The molecule has 11 heteroatoms. The zero-order chi connectivity index (χ0) is 27.7. The van der Waals surface area contributed by atoms with Crippen molar-refractivity contribution in [2.24, 2.45) is 0 Å². The maximum atomic E-state index is 12.9. The summed E-state index contributed by atoms with van der Waals surface area (Å²) in [6, 6.07) is 24.2. The number of alkyl halides is 3. The molecule has 0 radical (unpaired) electrons. The largest absolute Gasteiger partial charge is 0.484 e. The minimum absolute atomic E-state index is 0.0255. The van der Waals surface area contributed by atoms with Crippen molar-refractivity contribution in [3.8, 4) is 40.1 Å². The van der Waals surface area contributed by atoms with E-state index in [0.29, 0.717) is 28.5 Å². The number of hydrogen-bond acceptors (Lipinski definition) is 7. The zero-order valence-corrected chi connectivity index (χ0v) is 20.5. The quantitative estimate of drug-likeness (QED) is 0.227. The molecule has 2 N–H and O–H groups in total. The molecule has 0 saturated heterocycles. The molecule has 1 amide bonds. The monoisotopic (exact) mass is 544 g/mol. The molecule has 4 aromatic carbocycles. The molecular weight excluding hydrogens is 525 g/mol. The average molecular weight is 544 g/mol. The van der Waals surface area contributed by atoms with Gasteiger partial charge in [-0.15, -0.1) is 0 Å². The lowest BCUT2D eigenvalue weighted by Crippen LogP contribution is -2.20. The van der Waals surface area contributed by atoms with Crippen LogP contribution < -0.4 is 20.1 Å². The minimum atomic E-state index is -4.50. The second kappa shape index (κ2) is 10.1. The van der Waals surface area contributed by atoms with Gasteiger partial charge in [0, 0.05) is 16.8 Å². The number of benzene rings is 4. The Morgan fingerprint density at radius 2 is 1.65 bits per heavy atom. The molecule has 0 aliphatic carbocycles. The molecule has 0 fully saturated rings. The number of fused-ring (bicyclic) bond motifs is 2. The topological polar surface area (TPSA) is 98.5 Å². The lowest BCUT2D eigenvalue weighted by molar-refractivity contribution is -0.137. The highest BCUT2D eigenvalue weighted by Gasteiger charge is 2.30. The Labute approximate surface area is 225 Å². The van der Waals surface area contributed by atoms with E-state index in [1.807, 2.05) is 42.5 Å². The molecule has 1 aliphatic heterocycles. The fourth-order valence-corrected chi connectivity index (χ4v) is 4.04. The molecule has 40 heavy (non-hydrogen) atoms. The van der Waals surface area contributed by atoms with Gasteiger partial charge in [0.1, 0.15) is 5.75 Å². The third-order valence-electron chi connectivity index (χ3n) is 5.99. The second-order valence-corrected chi connectivity index (χ2v) is 8.80.